The Kier molecular flexibility index (Phi) is 5.49. The van der Waals surface area contributed by atoms with Gasteiger partial charge in [-0.25, -0.2) is 8.42 Å². The van der Waals surface area contributed by atoms with E-state index in [9.17, 15) is 8.42 Å². The molecule has 0 aromatic carbocycles. The molecule has 0 aliphatic carbocycles. The van der Waals surface area contributed by atoms with Gasteiger partial charge in [0.2, 0.25) is 10.0 Å². The van der Waals surface area contributed by atoms with E-state index in [4.69, 9.17) is 11.6 Å². The highest BCUT2D eigenvalue weighted by molar-refractivity contribution is 7.89. The summed E-state index contributed by atoms with van der Waals surface area (Å²) in [5, 5.41) is 0. The van der Waals surface area contributed by atoms with Crippen molar-refractivity contribution < 1.29 is 8.42 Å². The van der Waals surface area contributed by atoms with Crippen molar-refractivity contribution in [3.05, 3.63) is 18.0 Å². The summed E-state index contributed by atoms with van der Waals surface area (Å²) in [4.78, 5) is 3.16. The molecule has 1 rings (SSSR count). The summed E-state index contributed by atoms with van der Waals surface area (Å²) in [6.45, 7) is 4.95. The molecule has 0 spiro atoms. The number of rotatable bonds is 7. The van der Waals surface area contributed by atoms with Gasteiger partial charge in [-0.15, -0.1) is 11.6 Å². The first kappa shape index (κ1) is 14.5. The van der Waals surface area contributed by atoms with Gasteiger partial charge < -0.3 is 4.98 Å². The Morgan fingerprint density at radius 1 is 1.41 bits per heavy atom. The van der Waals surface area contributed by atoms with E-state index < -0.39 is 10.0 Å². The molecule has 0 aliphatic heterocycles. The van der Waals surface area contributed by atoms with Crippen molar-refractivity contribution in [3.8, 4) is 0 Å². The van der Waals surface area contributed by atoms with E-state index in [0.717, 1.165) is 18.5 Å². The molecule has 1 N–H and O–H groups in total. The molecule has 0 saturated carbocycles. The van der Waals surface area contributed by atoms with Crippen molar-refractivity contribution in [2.45, 2.75) is 37.5 Å². The van der Waals surface area contributed by atoms with Gasteiger partial charge in [0.25, 0.3) is 0 Å². The van der Waals surface area contributed by atoms with Gasteiger partial charge in [-0.3, -0.25) is 0 Å². The topological polar surface area (TPSA) is 53.2 Å². The molecule has 0 radical (unpaired) electrons. The minimum absolute atomic E-state index is 0.288. The normalized spacial score (nSPS) is 12.2. The van der Waals surface area contributed by atoms with Crippen LogP contribution in [0.1, 0.15) is 32.4 Å². The van der Waals surface area contributed by atoms with Gasteiger partial charge in [0.05, 0.1) is 10.8 Å². The standard InChI is InChI=1S/C11H19ClN2O2S/c1-3-5-6-14(4-2)17(15,16)11-7-10(8-12)13-9-11/h7,9,13H,3-6,8H2,1-2H3. The van der Waals surface area contributed by atoms with Gasteiger partial charge in [0.15, 0.2) is 0 Å². The predicted molar refractivity (Wildman–Crippen MR) is 69.7 cm³/mol. The molecule has 0 unspecified atom stereocenters. The number of aromatic nitrogens is 1. The van der Waals surface area contributed by atoms with Crippen molar-refractivity contribution in [2.24, 2.45) is 0 Å². The molecule has 1 aromatic rings. The third-order valence-corrected chi connectivity index (χ3v) is 4.85. The molecule has 4 nitrogen and oxygen atoms in total. The summed E-state index contributed by atoms with van der Waals surface area (Å²) in [5.74, 6) is 0.288. The van der Waals surface area contributed by atoms with Crippen molar-refractivity contribution in [1.29, 1.82) is 0 Å². The van der Waals surface area contributed by atoms with Crippen LogP contribution in [-0.4, -0.2) is 30.8 Å². The number of H-pyrrole nitrogens is 1. The van der Waals surface area contributed by atoms with Crippen LogP contribution in [-0.2, 0) is 15.9 Å². The minimum Gasteiger partial charge on any atom is -0.363 e. The van der Waals surface area contributed by atoms with E-state index in [0.29, 0.717) is 18.0 Å². The number of nitrogens with one attached hydrogen (secondary N) is 1. The average molecular weight is 279 g/mol. The monoisotopic (exact) mass is 278 g/mol. The highest BCUT2D eigenvalue weighted by atomic mass is 35.5. The molecular formula is C11H19ClN2O2S. The Hall–Kier alpha value is -0.520. The van der Waals surface area contributed by atoms with Crippen LogP contribution < -0.4 is 0 Å². The number of aromatic amines is 1. The van der Waals surface area contributed by atoms with Crippen LogP contribution in [0, 0.1) is 0 Å². The maximum Gasteiger partial charge on any atom is 0.244 e. The van der Waals surface area contributed by atoms with E-state index in [1.54, 1.807) is 6.07 Å². The molecule has 0 atom stereocenters. The lowest BCUT2D eigenvalue weighted by atomic mass is 10.3. The Balaban J connectivity index is 2.91. The lowest BCUT2D eigenvalue weighted by Crippen LogP contribution is -2.31. The van der Waals surface area contributed by atoms with E-state index in [-0.39, 0.29) is 5.88 Å². The van der Waals surface area contributed by atoms with Gasteiger partial charge in [0.1, 0.15) is 0 Å². The first-order valence-corrected chi connectivity index (χ1v) is 7.77. The van der Waals surface area contributed by atoms with Gasteiger partial charge in [-0.2, -0.15) is 4.31 Å². The first-order valence-electron chi connectivity index (χ1n) is 5.79. The van der Waals surface area contributed by atoms with Crippen LogP contribution in [0.4, 0.5) is 0 Å². The van der Waals surface area contributed by atoms with Gasteiger partial charge in [0, 0.05) is 25.0 Å². The van der Waals surface area contributed by atoms with Crippen molar-refractivity contribution in [3.63, 3.8) is 0 Å². The number of nitrogens with zero attached hydrogens (tertiary/aromatic N) is 1. The Bertz CT molecular complexity index is 442. The van der Waals surface area contributed by atoms with Crippen LogP contribution in [0.5, 0.6) is 0 Å². The number of alkyl halides is 1. The quantitative estimate of drug-likeness (QED) is 0.780. The van der Waals surface area contributed by atoms with Crippen LogP contribution in [0.3, 0.4) is 0 Å². The van der Waals surface area contributed by atoms with Crippen molar-refractivity contribution in [1.82, 2.24) is 9.29 Å². The van der Waals surface area contributed by atoms with E-state index >= 15 is 0 Å². The van der Waals surface area contributed by atoms with Gasteiger partial charge in [-0.05, 0) is 12.5 Å². The summed E-state index contributed by atoms with van der Waals surface area (Å²) < 4.78 is 26.0. The Morgan fingerprint density at radius 2 is 2.12 bits per heavy atom. The Morgan fingerprint density at radius 3 is 2.59 bits per heavy atom. The highest BCUT2D eigenvalue weighted by Gasteiger charge is 2.23. The number of hydrogen-bond donors (Lipinski definition) is 1. The summed E-state index contributed by atoms with van der Waals surface area (Å²) in [6, 6.07) is 1.59. The fraction of sp³-hybridized carbons (Fsp3) is 0.636. The zero-order valence-electron chi connectivity index (χ0n) is 10.2. The molecule has 0 bridgehead atoms. The van der Waals surface area contributed by atoms with Crippen LogP contribution in [0.2, 0.25) is 0 Å². The van der Waals surface area contributed by atoms with Crippen LogP contribution in [0.25, 0.3) is 0 Å². The Labute approximate surface area is 108 Å². The van der Waals surface area contributed by atoms with E-state index in [1.807, 2.05) is 13.8 Å². The van der Waals surface area contributed by atoms with Crippen molar-refractivity contribution >= 4 is 21.6 Å². The summed E-state index contributed by atoms with van der Waals surface area (Å²) in [5.41, 5.74) is 0.719. The third-order valence-electron chi connectivity index (χ3n) is 2.61. The molecule has 0 aliphatic rings. The molecule has 1 aromatic heterocycles. The van der Waals surface area contributed by atoms with E-state index in [2.05, 4.69) is 4.98 Å². The zero-order chi connectivity index (χ0) is 12.9. The van der Waals surface area contributed by atoms with E-state index in [1.165, 1.54) is 10.5 Å². The number of halogens is 1. The molecule has 0 amide bonds. The summed E-state index contributed by atoms with van der Waals surface area (Å²) in [6.07, 6.45) is 3.35. The second-order valence-electron chi connectivity index (χ2n) is 3.84. The smallest absolute Gasteiger partial charge is 0.244 e. The average Bonchev–Trinajstić information content (AvgIpc) is 2.79. The fourth-order valence-corrected chi connectivity index (χ4v) is 3.24. The van der Waals surface area contributed by atoms with Crippen LogP contribution >= 0.6 is 11.6 Å². The maximum absolute atomic E-state index is 12.3. The minimum atomic E-state index is -3.37. The lowest BCUT2D eigenvalue weighted by Gasteiger charge is -2.19. The second kappa shape index (κ2) is 6.42. The second-order valence-corrected chi connectivity index (χ2v) is 6.05. The molecule has 0 fully saturated rings. The number of hydrogen-bond acceptors (Lipinski definition) is 2. The third kappa shape index (κ3) is 3.47. The van der Waals surface area contributed by atoms with Gasteiger partial charge >= 0.3 is 0 Å². The largest absolute Gasteiger partial charge is 0.363 e. The molecule has 0 saturated heterocycles. The van der Waals surface area contributed by atoms with Crippen LogP contribution in [0.15, 0.2) is 17.2 Å². The molecule has 17 heavy (non-hydrogen) atoms. The SMILES string of the molecule is CCCCN(CC)S(=O)(=O)c1c[nH]c(CCl)c1. The predicted octanol–water partition coefficient (Wildman–Crippen LogP) is 2.56. The molecule has 1 heterocycles. The highest BCUT2D eigenvalue weighted by Crippen LogP contribution is 2.18. The number of sulfonamides is 1. The summed E-state index contributed by atoms with van der Waals surface area (Å²) >= 11 is 5.65. The van der Waals surface area contributed by atoms with Crippen molar-refractivity contribution in [2.75, 3.05) is 13.1 Å². The fourth-order valence-electron chi connectivity index (χ4n) is 1.58. The van der Waals surface area contributed by atoms with Gasteiger partial charge in [-0.1, -0.05) is 20.3 Å². The first-order chi connectivity index (χ1) is 8.06. The number of unbranched alkanes of at least 4 members (excludes halogenated alkanes) is 1. The maximum atomic E-state index is 12.3. The molecular weight excluding hydrogens is 260 g/mol. The zero-order valence-corrected chi connectivity index (χ0v) is 11.8. The summed E-state index contributed by atoms with van der Waals surface area (Å²) in [7, 11) is -3.37. The molecule has 6 heteroatoms. The lowest BCUT2D eigenvalue weighted by molar-refractivity contribution is 0.419. The molecule has 98 valence electrons.